The first-order valence-electron chi connectivity index (χ1n) is 3.30. The SMILES string of the molecule is O=CCN1CCS(=O)CC1=O. The Morgan fingerprint density at radius 3 is 2.91 bits per heavy atom. The molecule has 1 rings (SSSR count). The highest BCUT2D eigenvalue weighted by molar-refractivity contribution is 7.85. The monoisotopic (exact) mass is 175 g/mol. The van der Waals surface area contributed by atoms with Gasteiger partial charge in [-0.15, -0.1) is 0 Å². The van der Waals surface area contributed by atoms with Gasteiger partial charge in [-0.1, -0.05) is 0 Å². The van der Waals surface area contributed by atoms with E-state index >= 15 is 0 Å². The summed E-state index contributed by atoms with van der Waals surface area (Å²) in [7, 11) is -1.00. The van der Waals surface area contributed by atoms with Gasteiger partial charge >= 0.3 is 0 Å². The molecule has 0 N–H and O–H groups in total. The molecule has 0 aromatic heterocycles. The molecule has 5 heteroatoms. The average Bonchev–Trinajstić information content (AvgIpc) is 1.95. The van der Waals surface area contributed by atoms with Crippen LogP contribution in [-0.4, -0.2) is 45.9 Å². The van der Waals surface area contributed by atoms with Crippen molar-refractivity contribution in [3.63, 3.8) is 0 Å². The second kappa shape index (κ2) is 3.61. The van der Waals surface area contributed by atoms with Crippen LogP contribution in [0.2, 0.25) is 0 Å². The predicted molar refractivity (Wildman–Crippen MR) is 40.5 cm³/mol. The molecule has 62 valence electrons. The van der Waals surface area contributed by atoms with E-state index in [0.29, 0.717) is 18.6 Å². The standard InChI is InChI=1S/C6H9NO3S/c8-3-1-7-2-4-11(10)5-6(7)9/h3H,1-2,4-5H2. The fraction of sp³-hybridized carbons (Fsp3) is 0.667. The van der Waals surface area contributed by atoms with Crippen molar-refractivity contribution in [2.45, 2.75) is 0 Å². The van der Waals surface area contributed by atoms with Gasteiger partial charge < -0.3 is 9.69 Å². The Balaban J connectivity index is 2.50. The first kappa shape index (κ1) is 8.39. The second-order valence-electron chi connectivity index (χ2n) is 2.29. The van der Waals surface area contributed by atoms with Gasteiger partial charge in [0.15, 0.2) is 0 Å². The Hall–Kier alpha value is -0.710. The summed E-state index contributed by atoms with van der Waals surface area (Å²) < 4.78 is 10.8. The molecule has 4 nitrogen and oxygen atoms in total. The fourth-order valence-corrected chi connectivity index (χ4v) is 1.95. The Morgan fingerprint density at radius 1 is 1.64 bits per heavy atom. The summed E-state index contributed by atoms with van der Waals surface area (Å²) in [4.78, 5) is 22.4. The van der Waals surface area contributed by atoms with E-state index in [1.54, 1.807) is 0 Å². The van der Waals surface area contributed by atoms with Crippen molar-refractivity contribution in [3.8, 4) is 0 Å². The van der Waals surface area contributed by atoms with Crippen LogP contribution in [0.3, 0.4) is 0 Å². The molecule has 11 heavy (non-hydrogen) atoms. The molecule has 1 saturated heterocycles. The van der Waals surface area contributed by atoms with Crippen molar-refractivity contribution in [1.82, 2.24) is 4.90 Å². The zero-order chi connectivity index (χ0) is 8.27. The summed E-state index contributed by atoms with van der Waals surface area (Å²) in [6, 6.07) is 0. The molecular weight excluding hydrogens is 166 g/mol. The predicted octanol–water partition coefficient (Wildman–Crippen LogP) is -1.22. The molecule has 1 heterocycles. The number of carbonyl (C=O) groups excluding carboxylic acids is 2. The van der Waals surface area contributed by atoms with Crippen LogP contribution in [0, 0.1) is 0 Å². The molecule has 0 bridgehead atoms. The molecule has 0 radical (unpaired) electrons. The topological polar surface area (TPSA) is 54.5 Å². The number of carbonyl (C=O) groups is 2. The number of amides is 1. The molecule has 0 spiro atoms. The lowest BCUT2D eigenvalue weighted by Crippen LogP contribution is -2.43. The van der Waals surface area contributed by atoms with Crippen molar-refractivity contribution in [2.75, 3.05) is 24.6 Å². The Labute approximate surface area is 67.0 Å². The van der Waals surface area contributed by atoms with Crippen molar-refractivity contribution in [3.05, 3.63) is 0 Å². The van der Waals surface area contributed by atoms with Gasteiger partial charge in [0.2, 0.25) is 5.91 Å². The normalized spacial score (nSPS) is 25.3. The van der Waals surface area contributed by atoms with E-state index in [0.717, 1.165) is 0 Å². The summed E-state index contributed by atoms with van der Waals surface area (Å²) >= 11 is 0. The van der Waals surface area contributed by atoms with Crippen LogP contribution in [0.1, 0.15) is 0 Å². The van der Waals surface area contributed by atoms with Crippen LogP contribution < -0.4 is 0 Å². The fourth-order valence-electron chi connectivity index (χ4n) is 0.921. The van der Waals surface area contributed by atoms with E-state index in [2.05, 4.69) is 0 Å². The van der Waals surface area contributed by atoms with E-state index in [4.69, 9.17) is 0 Å². The quantitative estimate of drug-likeness (QED) is 0.494. The van der Waals surface area contributed by atoms with E-state index in [9.17, 15) is 13.8 Å². The summed E-state index contributed by atoms with van der Waals surface area (Å²) in [5.41, 5.74) is 0. The maximum atomic E-state index is 11.0. The third-order valence-electron chi connectivity index (χ3n) is 1.52. The van der Waals surface area contributed by atoms with Crippen LogP contribution in [-0.2, 0) is 20.4 Å². The maximum absolute atomic E-state index is 11.0. The molecule has 1 amide bonds. The minimum absolute atomic E-state index is 0.0772. The highest BCUT2D eigenvalue weighted by atomic mass is 32.2. The zero-order valence-electron chi connectivity index (χ0n) is 5.99. The molecule has 0 aromatic carbocycles. The van der Waals surface area contributed by atoms with Gasteiger partial charge in [-0.3, -0.25) is 9.00 Å². The second-order valence-corrected chi connectivity index (χ2v) is 3.87. The smallest absolute Gasteiger partial charge is 0.235 e. The van der Waals surface area contributed by atoms with Gasteiger partial charge in [-0.05, 0) is 0 Å². The highest BCUT2D eigenvalue weighted by Crippen LogP contribution is 1.99. The largest absolute Gasteiger partial charge is 0.334 e. The summed E-state index contributed by atoms with van der Waals surface area (Å²) in [6.07, 6.45) is 0.687. The van der Waals surface area contributed by atoms with Crippen molar-refractivity contribution in [1.29, 1.82) is 0 Å². The van der Waals surface area contributed by atoms with Crippen LogP contribution in [0.25, 0.3) is 0 Å². The molecular formula is C6H9NO3S. The first-order chi connectivity index (χ1) is 5.24. The molecule has 1 aliphatic rings. The summed E-state index contributed by atoms with van der Waals surface area (Å²) in [5, 5.41) is 0. The van der Waals surface area contributed by atoms with Gasteiger partial charge in [-0.25, -0.2) is 0 Å². The van der Waals surface area contributed by atoms with Gasteiger partial charge in [-0.2, -0.15) is 0 Å². The molecule has 1 aliphatic heterocycles. The number of hydrogen-bond donors (Lipinski definition) is 0. The van der Waals surface area contributed by atoms with E-state index in [1.807, 2.05) is 0 Å². The molecule has 1 fully saturated rings. The molecule has 0 aromatic rings. The van der Waals surface area contributed by atoms with Crippen LogP contribution in [0.15, 0.2) is 0 Å². The van der Waals surface area contributed by atoms with Gasteiger partial charge in [0.05, 0.1) is 6.54 Å². The third-order valence-corrected chi connectivity index (χ3v) is 2.73. The minimum Gasteiger partial charge on any atom is -0.334 e. The lowest BCUT2D eigenvalue weighted by molar-refractivity contribution is -0.130. The van der Waals surface area contributed by atoms with Crippen LogP contribution in [0.4, 0.5) is 0 Å². The Kier molecular flexibility index (Phi) is 2.76. The van der Waals surface area contributed by atoms with E-state index in [-0.39, 0.29) is 18.2 Å². The van der Waals surface area contributed by atoms with Gasteiger partial charge in [0, 0.05) is 23.1 Å². The molecule has 1 unspecified atom stereocenters. The first-order valence-corrected chi connectivity index (χ1v) is 4.79. The van der Waals surface area contributed by atoms with Crippen LogP contribution in [0.5, 0.6) is 0 Å². The third kappa shape index (κ3) is 2.11. The maximum Gasteiger partial charge on any atom is 0.235 e. The average molecular weight is 175 g/mol. The van der Waals surface area contributed by atoms with Crippen molar-refractivity contribution in [2.24, 2.45) is 0 Å². The summed E-state index contributed by atoms with van der Waals surface area (Å²) in [5.74, 6) is 0.398. The van der Waals surface area contributed by atoms with Gasteiger partial charge in [0.1, 0.15) is 12.0 Å². The van der Waals surface area contributed by atoms with E-state index in [1.165, 1.54) is 4.90 Å². The Morgan fingerprint density at radius 2 is 2.36 bits per heavy atom. The molecule has 0 aliphatic carbocycles. The lowest BCUT2D eigenvalue weighted by Gasteiger charge is -2.23. The number of hydrogen-bond acceptors (Lipinski definition) is 3. The minimum atomic E-state index is -1.00. The summed E-state index contributed by atoms with van der Waals surface area (Å²) in [6.45, 7) is 0.584. The van der Waals surface area contributed by atoms with Gasteiger partial charge in [0.25, 0.3) is 0 Å². The Bertz CT molecular complexity index is 204. The number of nitrogens with zero attached hydrogens (tertiary/aromatic N) is 1. The number of aldehydes is 1. The highest BCUT2D eigenvalue weighted by Gasteiger charge is 2.21. The van der Waals surface area contributed by atoms with Crippen molar-refractivity contribution >= 4 is 23.0 Å². The van der Waals surface area contributed by atoms with Crippen molar-refractivity contribution < 1.29 is 13.8 Å². The number of rotatable bonds is 2. The van der Waals surface area contributed by atoms with Crippen LogP contribution >= 0.6 is 0 Å². The molecule has 0 saturated carbocycles. The van der Waals surface area contributed by atoms with E-state index < -0.39 is 10.8 Å². The molecule has 1 atom stereocenters. The lowest BCUT2D eigenvalue weighted by atomic mass is 10.5. The zero-order valence-corrected chi connectivity index (χ0v) is 6.80.